The second-order valence-corrected chi connectivity index (χ2v) is 9.19. The molecule has 2 atom stereocenters. The number of likely N-dealkylation sites (tertiary alicyclic amines) is 1. The highest BCUT2D eigenvalue weighted by atomic mass is 127. The molecule has 2 heterocycles. The van der Waals surface area contributed by atoms with E-state index in [2.05, 4.69) is 92.8 Å². The lowest BCUT2D eigenvalue weighted by molar-refractivity contribution is -0.148. The molecule has 4 rings (SSSR count). The number of aryl methyl sites for hydroxylation is 1. The van der Waals surface area contributed by atoms with Gasteiger partial charge in [-0.25, -0.2) is 0 Å². The number of rotatable bonds is 7. The molecule has 4 nitrogen and oxygen atoms in total. The first-order valence-electron chi connectivity index (χ1n) is 10.6. The number of benzene rings is 2. The van der Waals surface area contributed by atoms with Crippen LogP contribution in [0.25, 0.3) is 10.9 Å². The smallest absolute Gasteiger partial charge is 0.310 e. The van der Waals surface area contributed by atoms with Gasteiger partial charge in [0.05, 0.1) is 15.5 Å². The normalized spacial score (nSPS) is 18.2. The second kappa shape index (κ2) is 10.3. The molecule has 0 spiro atoms. The summed E-state index contributed by atoms with van der Waals surface area (Å²) < 4.78 is 0.0178. The Labute approximate surface area is 196 Å². The Kier molecular flexibility index (Phi) is 7.21. The van der Waals surface area contributed by atoms with Crippen molar-refractivity contribution in [3.8, 4) is 11.8 Å². The van der Waals surface area contributed by atoms with Crippen LogP contribution in [-0.4, -0.2) is 31.6 Å². The molecule has 2 unspecified atom stereocenters. The third-order valence-corrected chi connectivity index (χ3v) is 7.39. The molecule has 1 aromatic heterocycles. The molecule has 0 aliphatic carbocycles. The van der Waals surface area contributed by atoms with Crippen LogP contribution in [-0.2, 0) is 17.8 Å². The Morgan fingerprint density at radius 2 is 1.97 bits per heavy atom. The van der Waals surface area contributed by atoms with Crippen molar-refractivity contribution >= 4 is 39.5 Å². The van der Waals surface area contributed by atoms with Crippen molar-refractivity contribution in [3.05, 3.63) is 77.5 Å². The molecular weight excluding hydrogens is 499 g/mol. The highest BCUT2D eigenvalue weighted by Gasteiger charge is 2.41. The molecule has 1 aliphatic heterocycles. The average molecular weight is 524 g/mol. The highest BCUT2D eigenvalue weighted by molar-refractivity contribution is 14.1. The van der Waals surface area contributed by atoms with E-state index in [4.69, 9.17) is 0 Å². The van der Waals surface area contributed by atoms with Crippen LogP contribution in [0.2, 0.25) is 0 Å². The molecule has 1 saturated heterocycles. The van der Waals surface area contributed by atoms with E-state index in [1.807, 2.05) is 12.3 Å². The van der Waals surface area contributed by atoms with Gasteiger partial charge in [0.2, 0.25) is 0 Å². The Bertz CT molecular complexity index is 1120. The topological polar surface area (TPSA) is 53.4 Å². The first kappa shape index (κ1) is 21.8. The van der Waals surface area contributed by atoms with Crippen LogP contribution in [0.15, 0.2) is 60.8 Å². The van der Waals surface area contributed by atoms with Gasteiger partial charge in [0, 0.05) is 36.7 Å². The lowest BCUT2D eigenvalue weighted by atomic mass is 9.98. The van der Waals surface area contributed by atoms with Crippen LogP contribution in [0.4, 0.5) is 0 Å². The van der Waals surface area contributed by atoms with E-state index in [-0.39, 0.29) is 9.97 Å². The van der Waals surface area contributed by atoms with Gasteiger partial charge in [0.25, 0.3) is 0 Å². The van der Waals surface area contributed by atoms with E-state index in [0.29, 0.717) is 13.1 Å². The van der Waals surface area contributed by atoms with Gasteiger partial charge in [0.1, 0.15) is 0 Å². The summed E-state index contributed by atoms with van der Waals surface area (Å²) in [5, 5.41) is 10.3. The van der Waals surface area contributed by atoms with Crippen molar-refractivity contribution in [1.82, 2.24) is 9.88 Å². The maximum atomic E-state index is 11.2. The lowest BCUT2D eigenvalue weighted by Gasteiger charge is -2.42. The van der Waals surface area contributed by atoms with E-state index in [1.165, 1.54) is 5.56 Å². The fraction of sp³-hybridized carbons (Fsp3) is 0.308. The SMILES string of the molecule is O=C(O)C1CN(Cc2ccc(C#CCCCCc3ccccc3)c3cccnc23)C1I. The van der Waals surface area contributed by atoms with Gasteiger partial charge in [0.15, 0.2) is 0 Å². The second-order valence-electron chi connectivity index (χ2n) is 7.91. The van der Waals surface area contributed by atoms with Crippen molar-refractivity contribution < 1.29 is 9.90 Å². The summed E-state index contributed by atoms with van der Waals surface area (Å²) in [6.07, 6.45) is 6.03. The summed E-state index contributed by atoms with van der Waals surface area (Å²) in [7, 11) is 0. The number of nitrogens with zero attached hydrogens (tertiary/aromatic N) is 2. The number of hydrogen-bond acceptors (Lipinski definition) is 3. The molecule has 0 saturated carbocycles. The molecular formula is C26H25IN2O2. The van der Waals surface area contributed by atoms with Crippen LogP contribution in [0.1, 0.15) is 36.0 Å². The Balaban J connectivity index is 1.39. The minimum Gasteiger partial charge on any atom is -0.481 e. The molecule has 0 radical (unpaired) electrons. The summed E-state index contributed by atoms with van der Waals surface area (Å²) in [5.41, 5.74) is 4.47. The van der Waals surface area contributed by atoms with Crippen molar-refractivity contribution in [2.24, 2.45) is 5.92 Å². The zero-order valence-electron chi connectivity index (χ0n) is 17.3. The Morgan fingerprint density at radius 1 is 1.13 bits per heavy atom. The largest absolute Gasteiger partial charge is 0.481 e. The number of alkyl halides is 1. The number of fused-ring (bicyclic) bond motifs is 1. The van der Waals surface area contributed by atoms with Gasteiger partial charge in [-0.1, -0.05) is 76.9 Å². The average Bonchev–Trinajstić information content (AvgIpc) is 2.79. The van der Waals surface area contributed by atoms with Gasteiger partial charge in [-0.15, -0.1) is 0 Å². The minimum absolute atomic E-state index is 0.0178. The van der Waals surface area contributed by atoms with Crippen molar-refractivity contribution in [2.45, 2.75) is 36.3 Å². The standard InChI is InChI=1S/C26H25IN2O2/c27-25-23(26(30)31)18-29(25)17-21-15-14-20(22-13-8-16-28-24(21)22)12-7-2-1-4-9-19-10-5-3-6-11-19/h3,5-6,8,10-11,13-16,23,25H,1-2,4,9,17-18H2,(H,30,31). The minimum atomic E-state index is -0.715. The number of hydrogen-bond donors (Lipinski definition) is 1. The maximum Gasteiger partial charge on any atom is 0.310 e. The maximum absolute atomic E-state index is 11.2. The van der Waals surface area contributed by atoms with Crippen LogP contribution < -0.4 is 0 Å². The summed E-state index contributed by atoms with van der Waals surface area (Å²) in [5.74, 6) is 5.68. The van der Waals surface area contributed by atoms with Crippen LogP contribution in [0, 0.1) is 17.8 Å². The molecule has 3 aromatic rings. The van der Waals surface area contributed by atoms with Crippen LogP contribution in [0.5, 0.6) is 0 Å². The Morgan fingerprint density at radius 3 is 2.74 bits per heavy atom. The molecule has 2 aromatic carbocycles. The molecule has 5 heteroatoms. The molecule has 31 heavy (non-hydrogen) atoms. The molecule has 0 bridgehead atoms. The molecule has 1 N–H and O–H groups in total. The number of carbonyl (C=O) groups is 1. The van der Waals surface area contributed by atoms with Gasteiger partial charge >= 0.3 is 5.97 Å². The summed E-state index contributed by atoms with van der Waals surface area (Å²) in [4.78, 5) is 18.0. The monoisotopic (exact) mass is 524 g/mol. The number of aromatic nitrogens is 1. The zero-order chi connectivity index (χ0) is 21.6. The van der Waals surface area contributed by atoms with E-state index < -0.39 is 5.97 Å². The molecule has 1 fully saturated rings. The predicted molar refractivity (Wildman–Crippen MR) is 132 cm³/mol. The summed E-state index contributed by atoms with van der Waals surface area (Å²) in [6.45, 7) is 1.29. The quantitative estimate of drug-likeness (QED) is 0.150. The number of carboxylic acid groups (broad SMARTS) is 1. The molecule has 0 amide bonds. The number of pyridine rings is 1. The van der Waals surface area contributed by atoms with Crippen molar-refractivity contribution in [2.75, 3.05) is 6.54 Å². The van der Waals surface area contributed by atoms with E-state index in [1.54, 1.807) is 0 Å². The van der Waals surface area contributed by atoms with Gasteiger partial charge in [-0.05, 0) is 42.5 Å². The fourth-order valence-electron chi connectivity index (χ4n) is 3.94. The van der Waals surface area contributed by atoms with Gasteiger partial charge in [-0.3, -0.25) is 14.7 Å². The third-order valence-electron chi connectivity index (χ3n) is 5.74. The van der Waals surface area contributed by atoms with Crippen LogP contribution >= 0.6 is 22.6 Å². The van der Waals surface area contributed by atoms with Crippen LogP contribution in [0.3, 0.4) is 0 Å². The van der Waals surface area contributed by atoms with Gasteiger partial charge in [-0.2, -0.15) is 0 Å². The van der Waals surface area contributed by atoms with Gasteiger partial charge < -0.3 is 5.11 Å². The predicted octanol–water partition coefficient (Wildman–Crippen LogP) is 5.28. The highest BCUT2D eigenvalue weighted by Crippen LogP contribution is 2.33. The zero-order valence-corrected chi connectivity index (χ0v) is 19.5. The lowest BCUT2D eigenvalue weighted by Crippen LogP contribution is -2.55. The Hall–Kier alpha value is -2.43. The number of unbranched alkanes of at least 4 members (excludes halogenated alkanes) is 2. The molecule has 158 valence electrons. The van der Waals surface area contributed by atoms with E-state index in [9.17, 15) is 9.90 Å². The third kappa shape index (κ3) is 5.25. The first-order chi connectivity index (χ1) is 15.1. The number of halogens is 1. The first-order valence-corrected chi connectivity index (χ1v) is 11.9. The van der Waals surface area contributed by atoms with E-state index >= 15 is 0 Å². The summed E-state index contributed by atoms with van der Waals surface area (Å²) in [6, 6.07) is 18.8. The van der Waals surface area contributed by atoms with Crippen molar-refractivity contribution in [1.29, 1.82) is 0 Å². The molecule has 1 aliphatic rings. The summed E-state index contributed by atoms with van der Waals surface area (Å²) >= 11 is 2.22. The number of carboxylic acids is 1. The number of aliphatic carboxylic acids is 1. The fourth-order valence-corrected chi connectivity index (χ4v) is 4.90. The van der Waals surface area contributed by atoms with Crippen molar-refractivity contribution in [3.63, 3.8) is 0 Å². The van der Waals surface area contributed by atoms with E-state index in [0.717, 1.165) is 47.7 Å².